The molecule has 0 aromatic heterocycles. The van der Waals surface area contributed by atoms with E-state index in [0.717, 1.165) is 31.2 Å². The molecule has 1 aromatic rings. The van der Waals surface area contributed by atoms with Crippen molar-refractivity contribution in [2.24, 2.45) is 5.73 Å². The lowest BCUT2D eigenvalue weighted by Crippen LogP contribution is -2.03. The van der Waals surface area contributed by atoms with Crippen LogP contribution in [0.2, 0.25) is 0 Å². The lowest BCUT2D eigenvalue weighted by Gasteiger charge is -2.08. The molecule has 0 aliphatic rings. The summed E-state index contributed by atoms with van der Waals surface area (Å²) in [7, 11) is 0. The van der Waals surface area contributed by atoms with Gasteiger partial charge in [0.2, 0.25) is 0 Å². The molecule has 0 heterocycles. The van der Waals surface area contributed by atoms with Crippen LogP contribution in [0.3, 0.4) is 0 Å². The van der Waals surface area contributed by atoms with Gasteiger partial charge < -0.3 is 10.5 Å². The molecule has 0 atom stereocenters. The average Bonchev–Trinajstić information content (AvgIpc) is 2.42. The highest BCUT2D eigenvalue weighted by Crippen LogP contribution is 2.28. The Balaban J connectivity index is 2.55. The van der Waals surface area contributed by atoms with Crippen molar-refractivity contribution in [2.45, 2.75) is 32.2 Å². The molecule has 0 saturated heterocycles. The minimum absolute atomic E-state index is 0.0108. The SMILES string of the molecule is C=CCCCCCOc1cc(CN)ccc1[N+](=O)[O-]. The first-order valence-electron chi connectivity index (χ1n) is 6.40. The van der Waals surface area contributed by atoms with Crippen molar-refractivity contribution in [1.29, 1.82) is 0 Å². The molecule has 104 valence electrons. The van der Waals surface area contributed by atoms with E-state index in [0.29, 0.717) is 18.9 Å². The molecule has 0 saturated carbocycles. The molecule has 0 aliphatic heterocycles. The Morgan fingerprint density at radius 3 is 2.79 bits per heavy atom. The Hall–Kier alpha value is -1.88. The van der Waals surface area contributed by atoms with Gasteiger partial charge in [-0.25, -0.2) is 0 Å². The Morgan fingerprint density at radius 1 is 1.37 bits per heavy atom. The quantitative estimate of drug-likeness (QED) is 0.321. The van der Waals surface area contributed by atoms with Crippen molar-refractivity contribution >= 4 is 5.69 Å². The van der Waals surface area contributed by atoms with E-state index in [1.54, 1.807) is 12.1 Å². The van der Waals surface area contributed by atoms with Crippen molar-refractivity contribution in [3.63, 3.8) is 0 Å². The molecule has 0 spiro atoms. The van der Waals surface area contributed by atoms with E-state index in [1.807, 2.05) is 6.08 Å². The fourth-order valence-corrected chi connectivity index (χ4v) is 1.70. The molecule has 1 aromatic carbocycles. The van der Waals surface area contributed by atoms with Crippen molar-refractivity contribution < 1.29 is 9.66 Å². The fourth-order valence-electron chi connectivity index (χ4n) is 1.70. The van der Waals surface area contributed by atoms with E-state index >= 15 is 0 Å². The van der Waals surface area contributed by atoms with Gasteiger partial charge in [-0.05, 0) is 37.3 Å². The van der Waals surface area contributed by atoms with Crippen LogP contribution < -0.4 is 10.5 Å². The van der Waals surface area contributed by atoms with E-state index in [2.05, 4.69) is 6.58 Å². The number of ether oxygens (including phenoxy) is 1. The topological polar surface area (TPSA) is 78.4 Å². The fraction of sp³-hybridized carbons (Fsp3) is 0.429. The third-order valence-electron chi connectivity index (χ3n) is 2.77. The van der Waals surface area contributed by atoms with Crippen molar-refractivity contribution in [3.05, 3.63) is 46.5 Å². The summed E-state index contributed by atoms with van der Waals surface area (Å²) in [6.45, 7) is 4.48. The second-order valence-electron chi connectivity index (χ2n) is 4.25. The largest absolute Gasteiger partial charge is 0.487 e. The molecule has 0 aliphatic carbocycles. The van der Waals surface area contributed by atoms with E-state index < -0.39 is 4.92 Å². The monoisotopic (exact) mass is 264 g/mol. The Kier molecular flexibility index (Phi) is 6.60. The molecular weight excluding hydrogens is 244 g/mol. The molecule has 1 rings (SSSR count). The van der Waals surface area contributed by atoms with Crippen molar-refractivity contribution in [2.75, 3.05) is 6.61 Å². The van der Waals surface area contributed by atoms with Gasteiger partial charge >= 0.3 is 5.69 Å². The number of allylic oxidation sites excluding steroid dienone is 1. The number of hydrogen-bond acceptors (Lipinski definition) is 4. The number of hydrogen-bond donors (Lipinski definition) is 1. The van der Waals surface area contributed by atoms with Gasteiger partial charge in [0.1, 0.15) is 0 Å². The predicted molar refractivity (Wildman–Crippen MR) is 75.1 cm³/mol. The van der Waals surface area contributed by atoms with E-state index in [-0.39, 0.29) is 5.69 Å². The molecule has 0 amide bonds. The molecule has 0 radical (unpaired) electrons. The standard InChI is InChI=1S/C14H20N2O3/c1-2-3-4-5-6-9-19-14-10-12(11-15)7-8-13(14)16(17)18/h2,7-8,10H,1,3-6,9,11,15H2. The molecule has 2 N–H and O–H groups in total. The van der Waals surface area contributed by atoms with Crippen LogP contribution in [-0.2, 0) is 6.54 Å². The first-order valence-corrected chi connectivity index (χ1v) is 6.40. The van der Waals surface area contributed by atoms with E-state index in [1.165, 1.54) is 6.07 Å². The average molecular weight is 264 g/mol. The number of unbranched alkanes of at least 4 members (excludes halogenated alkanes) is 3. The van der Waals surface area contributed by atoms with Gasteiger partial charge in [0.15, 0.2) is 5.75 Å². The Bertz CT molecular complexity index is 433. The molecule has 19 heavy (non-hydrogen) atoms. The molecular formula is C14H20N2O3. The molecule has 5 nitrogen and oxygen atoms in total. The Morgan fingerprint density at radius 2 is 2.16 bits per heavy atom. The zero-order valence-electron chi connectivity index (χ0n) is 11.0. The second-order valence-corrected chi connectivity index (χ2v) is 4.25. The van der Waals surface area contributed by atoms with Crippen LogP contribution in [-0.4, -0.2) is 11.5 Å². The van der Waals surface area contributed by atoms with Gasteiger partial charge in [-0.2, -0.15) is 0 Å². The van der Waals surface area contributed by atoms with Crippen molar-refractivity contribution in [1.82, 2.24) is 0 Å². The maximum absolute atomic E-state index is 10.9. The smallest absolute Gasteiger partial charge is 0.310 e. The second kappa shape index (κ2) is 8.26. The predicted octanol–water partition coefficient (Wildman–Crippen LogP) is 3.18. The highest BCUT2D eigenvalue weighted by molar-refractivity contribution is 5.48. The molecule has 0 unspecified atom stereocenters. The number of nitrogens with zero attached hydrogens (tertiary/aromatic N) is 1. The lowest BCUT2D eigenvalue weighted by atomic mass is 10.2. The van der Waals surface area contributed by atoms with E-state index in [4.69, 9.17) is 10.5 Å². The lowest BCUT2D eigenvalue weighted by molar-refractivity contribution is -0.385. The third kappa shape index (κ3) is 5.09. The maximum atomic E-state index is 10.9. The van der Waals surface area contributed by atoms with Crippen LogP contribution in [0.4, 0.5) is 5.69 Å². The zero-order valence-corrected chi connectivity index (χ0v) is 11.0. The highest BCUT2D eigenvalue weighted by Gasteiger charge is 2.15. The van der Waals surface area contributed by atoms with Crippen LogP contribution in [0.1, 0.15) is 31.2 Å². The van der Waals surface area contributed by atoms with E-state index in [9.17, 15) is 10.1 Å². The van der Waals surface area contributed by atoms with Crippen LogP contribution in [0.15, 0.2) is 30.9 Å². The summed E-state index contributed by atoms with van der Waals surface area (Å²) in [5.74, 6) is 0.302. The van der Waals surface area contributed by atoms with Gasteiger partial charge in [0.25, 0.3) is 0 Å². The number of nitrogens with two attached hydrogens (primary N) is 1. The summed E-state index contributed by atoms with van der Waals surface area (Å²) < 4.78 is 5.50. The minimum atomic E-state index is -0.437. The number of benzene rings is 1. The van der Waals surface area contributed by atoms with Crippen molar-refractivity contribution in [3.8, 4) is 5.75 Å². The maximum Gasteiger partial charge on any atom is 0.310 e. The van der Waals surface area contributed by atoms with Crippen LogP contribution in [0.5, 0.6) is 5.75 Å². The summed E-state index contributed by atoms with van der Waals surface area (Å²) in [5, 5.41) is 10.9. The van der Waals surface area contributed by atoms with Gasteiger partial charge in [0.05, 0.1) is 11.5 Å². The summed E-state index contributed by atoms with van der Waals surface area (Å²) in [5.41, 5.74) is 6.34. The summed E-state index contributed by atoms with van der Waals surface area (Å²) >= 11 is 0. The summed E-state index contributed by atoms with van der Waals surface area (Å²) in [6, 6.07) is 4.73. The first kappa shape index (κ1) is 15.2. The normalized spacial score (nSPS) is 10.2. The van der Waals surface area contributed by atoms with Gasteiger partial charge in [-0.3, -0.25) is 10.1 Å². The summed E-state index contributed by atoms with van der Waals surface area (Å²) in [6.07, 6.45) is 5.84. The minimum Gasteiger partial charge on any atom is -0.487 e. The molecule has 0 fully saturated rings. The number of nitro benzene ring substituents is 1. The molecule has 0 bridgehead atoms. The summed E-state index contributed by atoms with van der Waals surface area (Å²) in [4.78, 5) is 10.4. The van der Waals surface area contributed by atoms with Crippen LogP contribution >= 0.6 is 0 Å². The van der Waals surface area contributed by atoms with Crippen LogP contribution in [0, 0.1) is 10.1 Å². The number of rotatable bonds is 9. The highest BCUT2D eigenvalue weighted by atomic mass is 16.6. The van der Waals surface area contributed by atoms with Gasteiger partial charge in [-0.1, -0.05) is 12.1 Å². The van der Waals surface area contributed by atoms with Gasteiger partial charge in [-0.15, -0.1) is 6.58 Å². The zero-order chi connectivity index (χ0) is 14.1. The molecule has 5 heteroatoms. The third-order valence-corrected chi connectivity index (χ3v) is 2.77. The van der Waals surface area contributed by atoms with Crippen LogP contribution in [0.25, 0.3) is 0 Å². The van der Waals surface area contributed by atoms with Gasteiger partial charge in [0, 0.05) is 12.6 Å². The first-order chi connectivity index (χ1) is 9.19. The number of nitro groups is 1. The Labute approximate surface area is 113 Å².